The molecular formula is C13H16O2. The molecule has 5 rings (SSSR count). The fraction of sp³-hybridized carbons (Fsp3) is 0.769. The lowest BCUT2D eigenvalue weighted by Crippen LogP contribution is -2.42. The monoisotopic (exact) mass is 204 g/mol. The highest BCUT2D eigenvalue weighted by Crippen LogP contribution is 2.66. The van der Waals surface area contributed by atoms with E-state index in [4.69, 9.17) is 0 Å². The van der Waals surface area contributed by atoms with E-state index in [0.717, 1.165) is 29.2 Å². The molecule has 2 nitrogen and oxygen atoms in total. The minimum absolute atomic E-state index is 0.435. The number of hydrogen-bond acceptors (Lipinski definition) is 1. The molecule has 0 aliphatic heterocycles. The average molecular weight is 204 g/mol. The van der Waals surface area contributed by atoms with Crippen molar-refractivity contribution in [2.45, 2.75) is 25.7 Å². The molecule has 2 heteroatoms. The summed E-state index contributed by atoms with van der Waals surface area (Å²) >= 11 is 0. The van der Waals surface area contributed by atoms with E-state index in [1.165, 1.54) is 25.7 Å². The van der Waals surface area contributed by atoms with Crippen LogP contribution in [0.25, 0.3) is 0 Å². The number of aliphatic carboxylic acids is 1. The molecule has 3 saturated carbocycles. The van der Waals surface area contributed by atoms with E-state index in [2.05, 4.69) is 6.08 Å². The van der Waals surface area contributed by atoms with Gasteiger partial charge in [0.2, 0.25) is 0 Å². The minimum Gasteiger partial charge on any atom is -0.478 e. The van der Waals surface area contributed by atoms with Crippen LogP contribution in [0.2, 0.25) is 0 Å². The van der Waals surface area contributed by atoms with E-state index in [1.807, 2.05) is 0 Å². The molecule has 3 fully saturated rings. The van der Waals surface area contributed by atoms with Crippen LogP contribution in [0, 0.1) is 35.5 Å². The van der Waals surface area contributed by atoms with Crippen LogP contribution in [0.15, 0.2) is 11.6 Å². The fourth-order valence-corrected chi connectivity index (χ4v) is 5.35. The largest absolute Gasteiger partial charge is 0.478 e. The Bertz CT molecular complexity index is 351. The summed E-state index contributed by atoms with van der Waals surface area (Å²) in [6, 6.07) is 0. The highest BCUT2D eigenvalue weighted by Gasteiger charge is 2.60. The third-order valence-corrected chi connectivity index (χ3v) is 5.66. The van der Waals surface area contributed by atoms with Gasteiger partial charge >= 0.3 is 5.97 Å². The highest BCUT2D eigenvalue weighted by atomic mass is 16.4. The van der Waals surface area contributed by atoms with Gasteiger partial charge in [-0.05, 0) is 61.2 Å². The van der Waals surface area contributed by atoms with Crippen molar-refractivity contribution < 1.29 is 9.90 Å². The molecule has 0 heterocycles. The smallest absolute Gasteiger partial charge is 0.331 e. The van der Waals surface area contributed by atoms with Crippen molar-refractivity contribution in [2.24, 2.45) is 35.5 Å². The maximum Gasteiger partial charge on any atom is 0.331 e. The Kier molecular flexibility index (Phi) is 1.38. The lowest BCUT2D eigenvalue weighted by molar-refractivity contribution is -0.134. The van der Waals surface area contributed by atoms with Crippen molar-refractivity contribution in [3.05, 3.63) is 11.6 Å². The van der Waals surface area contributed by atoms with Crippen LogP contribution in [0.1, 0.15) is 25.7 Å². The molecule has 80 valence electrons. The first-order chi connectivity index (χ1) is 7.27. The summed E-state index contributed by atoms with van der Waals surface area (Å²) in [5.74, 6) is 3.60. The molecule has 5 aliphatic carbocycles. The van der Waals surface area contributed by atoms with Gasteiger partial charge in [-0.25, -0.2) is 4.79 Å². The molecule has 0 aromatic heterocycles. The Morgan fingerprint density at radius 1 is 1.07 bits per heavy atom. The van der Waals surface area contributed by atoms with E-state index >= 15 is 0 Å². The van der Waals surface area contributed by atoms with Gasteiger partial charge in [-0.3, -0.25) is 0 Å². The van der Waals surface area contributed by atoms with Crippen molar-refractivity contribution in [2.75, 3.05) is 0 Å². The first-order valence-electron chi connectivity index (χ1n) is 6.22. The molecule has 0 amide bonds. The van der Waals surface area contributed by atoms with Crippen molar-refractivity contribution in [1.82, 2.24) is 0 Å². The third-order valence-electron chi connectivity index (χ3n) is 5.66. The van der Waals surface area contributed by atoms with Crippen molar-refractivity contribution >= 4 is 5.97 Å². The molecule has 5 aliphatic rings. The zero-order valence-electron chi connectivity index (χ0n) is 8.73. The number of carboxylic acids is 1. The fourth-order valence-electron chi connectivity index (χ4n) is 5.35. The van der Waals surface area contributed by atoms with Crippen LogP contribution >= 0.6 is 0 Å². The molecule has 0 radical (unpaired) electrons. The van der Waals surface area contributed by atoms with E-state index in [1.54, 1.807) is 0 Å². The number of rotatable bonds is 1. The first kappa shape index (κ1) is 8.37. The molecule has 2 unspecified atom stereocenters. The van der Waals surface area contributed by atoms with Crippen molar-refractivity contribution in [1.29, 1.82) is 0 Å². The Morgan fingerprint density at radius 2 is 1.60 bits per heavy atom. The van der Waals surface area contributed by atoms with E-state index < -0.39 is 5.97 Å². The SMILES string of the molecule is O=C(O)C1=CC2[C@H]3CC[C@@H]2[C@@H]2CC[C@H]3C12. The van der Waals surface area contributed by atoms with E-state index in [0.29, 0.717) is 11.8 Å². The minimum atomic E-state index is -0.638. The summed E-state index contributed by atoms with van der Waals surface area (Å²) in [5.41, 5.74) is 0.780. The van der Waals surface area contributed by atoms with E-state index in [-0.39, 0.29) is 0 Å². The molecule has 0 aromatic carbocycles. The quantitative estimate of drug-likeness (QED) is 0.711. The van der Waals surface area contributed by atoms with Crippen LogP contribution in [0.4, 0.5) is 0 Å². The average Bonchev–Trinajstić information content (AvgIpc) is 2.70. The van der Waals surface area contributed by atoms with E-state index in [9.17, 15) is 9.90 Å². The van der Waals surface area contributed by atoms with Crippen LogP contribution in [-0.4, -0.2) is 11.1 Å². The molecule has 0 saturated heterocycles. The second kappa shape index (κ2) is 2.47. The van der Waals surface area contributed by atoms with Crippen LogP contribution in [0.3, 0.4) is 0 Å². The Balaban J connectivity index is 1.88. The second-order valence-corrected chi connectivity index (χ2v) is 5.84. The summed E-state index contributed by atoms with van der Waals surface area (Å²) in [7, 11) is 0. The molecule has 6 bridgehead atoms. The number of allylic oxidation sites excluding steroid dienone is 1. The van der Waals surface area contributed by atoms with Gasteiger partial charge in [0.25, 0.3) is 0 Å². The lowest BCUT2D eigenvalue weighted by Gasteiger charge is -2.45. The molecule has 0 spiro atoms. The zero-order valence-corrected chi connectivity index (χ0v) is 8.73. The van der Waals surface area contributed by atoms with Gasteiger partial charge in [-0.1, -0.05) is 6.08 Å². The Labute approximate surface area is 89.4 Å². The summed E-state index contributed by atoms with van der Waals surface area (Å²) in [5, 5.41) is 9.25. The van der Waals surface area contributed by atoms with Gasteiger partial charge in [0.1, 0.15) is 0 Å². The molecule has 0 aromatic rings. The van der Waals surface area contributed by atoms with Crippen LogP contribution < -0.4 is 0 Å². The van der Waals surface area contributed by atoms with Gasteiger partial charge in [0.05, 0.1) is 0 Å². The summed E-state index contributed by atoms with van der Waals surface area (Å²) in [6.45, 7) is 0. The summed E-state index contributed by atoms with van der Waals surface area (Å²) in [6.07, 6.45) is 7.48. The number of carbonyl (C=O) groups is 1. The Hall–Kier alpha value is -0.790. The molecule has 1 N–H and O–H groups in total. The number of carboxylic acid groups (broad SMARTS) is 1. The lowest BCUT2D eigenvalue weighted by atomic mass is 9.58. The van der Waals surface area contributed by atoms with Gasteiger partial charge in [0.15, 0.2) is 0 Å². The predicted molar refractivity (Wildman–Crippen MR) is 55.1 cm³/mol. The van der Waals surface area contributed by atoms with Gasteiger partial charge in [0, 0.05) is 5.57 Å². The summed E-state index contributed by atoms with van der Waals surface area (Å²) in [4.78, 5) is 11.2. The maximum absolute atomic E-state index is 11.2. The maximum atomic E-state index is 11.2. The normalized spacial score (nSPS) is 54.5. The van der Waals surface area contributed by atoms with Crippen LogP contribution in [-0.2, 0) is 4.79 Å². The third kappa shape index (κ3) is 0.812. The predicted octanol–water partition coefficient (Wildman–Crippen LogP) is 2.31. The van der Waals surface area contributed by atoms with Gasteiger partial charge in [-0.15, -0.1) is 0 Å². The summed E-state index contributed by atoms with van der Waals surface area (Å²) < 4.78 is 0. The van der Waals surface area contributed by atoms with Crippen molar-refractivity contribution in [3.8, 4) is 0 Å². The second-order valence-electron chi connectivity index (χ2n) is 5.84. The standard InChI is InChI=1S/C13H16O2/c14-13(15)11-5-10-6-1-2-7(10)9-4-3-8(6)12(9)11/h5-10,12H,1-4H2,(H,14,15)/t6-,7+,8+,9-,10?,12?. The zero-order chi connectivity index (χ0) is 10.2. The van der Waals surface area contributed by atoms with Crippen LogP contribution in [0.5, 0.6) is 0 Å². The Morgan fingerprint density at radius 3 is 2.13 bits per heavy atom. The highest BCUT2D eigenvalue weighted by molar-refractivity contribution is 5.88. The van der Waals surface area contributed by atoms with Gasteiger partial charge in [-0.2, -0.15) is 0 Å². The molecular weight excluding hydrogens is 188 g/mol. The number of hydrogen-bond donors (Lipinski definition) is 1. The first-order valence-corrected chi connectivity index (χ1v) is 6.22. The van der Waals surface area contributed by atoms with Gasteiger partial charge < -0.3 is 5.11 Å². The van der Waals surface area contributed by atoms with Crippen molar-refractivity contribution in [3.63, 3.8) is 0 Å². The molecule has 15 heavy (non-hydrogen) atoms. The molecule has 6 atom stereocenters. The topological polar surface area (TPSA) is 37.3 Å².